The number of carbonyl (C=O) groups excluding carboxylic acids is 1. The topological polar surface area (TPSA) is 69.0 Å². The smallest absolute Gasteiger partial charge is 0.259 e. The number of hydrogen-bond acceptors (Lipinski definition) is 5. The quantitative estimate of drug-likeness (QED) is 0.610. The number of fused-ring (bicyclic) bond motifs is 1. The number of pyridine rings is 2. The minimum atomic E-state index is -0.116. The van der Waals surface area contributed by atoms with E-state index in [9.17, 15) is 4.79 Å². The van der Waals surface area contributed by atoms with Crippen LogP contribution < -0.4 is 9.64 Å². The first-order chi connectivity index (χ1) is 12.7. The van der Waals surface area contributed by atoms with Crippen LogP contribution in [0.1, 0.15) is 23.0 Å². The molecule has 0 aromatic carbocycles. The molecule has 0 aliphatic rings. The first-order valence-electron chi connectivity index (χ1n) is 8.47. The highest BCUT2D eigenvalue weighted by atomic mass is 16.5. The summed E-state index contributed by atoms with van der Waals surface area (Å²) in [6.45, 7) is 2.95. The van der Waals surface area contributed by atoms with E-state index in [0.717, 1.165) is 11.5 Å². The highest BCUT2D eigenvalue weighted by Crippen LogP contribution is 2.28. The number of carbonyl (C=O) groups is 1. The van der Waals surface area contributed by atoms with Crippen molar-refractivity contribution in [2.75, 3.05) is 32.3 Å². The summed E-state index contributed by atoms with van der Waals surface area (Å²) >= 11 is 0. The lowest BCUT2D eigenvalue weighted by Gasteiger charge is -2.18. The number of hydrogen-bond donors (Lipinski definition) is 0. The second-order valence-corrected chi connectivity index (χ2v) is 5.74. The molecule has 3 heterocycles. The maximum Gasteiger partial charge on any atom is 0.259 e. The average molecular weight is 354 g/mol. The van der Waals surface area contributed by atoms with Gasteiger partial charge in [-0.3, -0.25) is 19.1 Å². The summed E-state index contributed by atoms with van der Waals surface area (Å²) in [5, 5.41) is 0. The number of amides is 1. The molecule has 0 atom stereocenters. The molecule has 136 valence electrons. The molecular weight excluding hydrogens is 332 g/mol. The number of aromatic nitrogens is 3. The summed E-state index contributed by atoms with van der Waals surface area (Å²) in [5.41, 5.74) is 2.09. The highest BCUT2D eigenvalue weighted by Gasteiger charge is 2.22. The largest absolute Gasteiger partial charge is 0.487 e. The van der Waals surface area contributed by atoms with Crippen LogP contribution in [0.15, 0.2) is 42.9 Å². The SMILES string of the molecule is CCc1nc2c(OCCOC)cccn2c1N(C)C(=O)c1ccncc1. The zero-order chi connectivity index (χ0) is 18.5. The maximum absolute atomic E-state index is 12.9. The van der Waals surface area contributed by atoms with Crippen LogP contribution in [0, 0.1) is 0 Å². The van der Waals surface area contributed by atoms with Gasteiger partial charge in [0, 0.05) is 38.3 Å². The zero-order valence-corrected chi connectivity index (χ0v) is 15.2. The van der Waals surface area contributed by atoms with Gasteiger partial charge in [0.05, 0.1) is 12.3 Å². The van der Waals surface area contributed by atoms with Crippen LogP contribution in [0.5, 0.6) is 5.75 Å². The molecule has 0 saturated carbocycles. The molecule has 7 nitrogen and oxygen atoms in total. The van der Waals surface area contributed by atoms with Gasteiger partial charge in [-0.1, -0.05) is 6.92 Å². The molecule has 0 aliphatic carbocycles. The fourth-order valence-electron chi connectivity index (χ4n) is 2.80. The van der Waals surface area contributed by atoms with Gasteiger partial charge < -0.3 is 9.47 Å². The van der Waals surface area contributed by atoms with Gasteiger partial charge in [-0.2, -0.15) is 0 Å². The van der Waals surface area contributed by atoms with Crippen LogP contribution in [0.4, 0.5) is 5.82 Å². The molecule has 3 aromatic rings. The number of ether oxygens (including phenoxy) is 2. The lowest BCUT2D eigenvalue weighted by molar-refractivity contribution is 0.0992. The van der Waals surface area contributed by atoms with Crippen LogP contribution in [-0.2, 0) is 11.2 Å². The fraction of sp³-hybridized carbons (Fsp3) is 0.316. The van der Waals surface area contributed by atoms with Crippen LogP contribution in [0.3, 0.4) is 0 Å². The minimum Gasteiger partial charge on any atom is -0.487 e. The molecule has 7 heteroatoms. The lowest BCUT2D eigenvalue weighted by Crippen LogP contribution is -2.28. The average Bonchev–Trinajstić information content (AvgIpc) is 3.07. The molecule has 0 fully saturated rings. The van der Waals surface area contributed by atoms with Gasteiger partial charge in [0.25, 0.3) is 5.91 Å². The van der Waals surface area contributed by atoms with Crippen molar-refractivity contribution in [2.24, 2.45) is 0 Å². The molecule has 0 radical (unpaired) electrons. The normalized spacial score (nSPS) is 10.9. The van der Waals surface area contributed by atoms with Crippen molar-refractivity contribution >= 4 is 17.4 Å². The maximum atomic E-state index is 12.9. The van der Waals surface area contributed by atoms with Crippen molar-refractivity contribution in [3.05, 3.63) is 54.1 Å². The van der Waals surface area contributed by atoms with Gasteiger partial charge >= 0.3 is 0 Å². The van der Waals surface area contributed by atoms with Crippen molar-refractivity contribution in [2.45, 2.75) is 13.3 Å². The Kier molecular flexibility index (Phi) is 5.48. The summed E-state index contributed by atoms with van der Waals surface area (Å²) in [4.78, 5) is 23.1. The van der Waals surface area contributed by atoms with E-state index in [4.69, 9.17) is 14.5 Å². The Morgan fingerprint density at radius 3 is 2.69 bits per heavy atom. The Labute approximate surface area is 152 Å². The number of methoxy groups -OCH3 is 1. The first-order valence-corrected chi connectivity index (χ1v) is 8.47. The number of imidazole rings is 1. The second kappa shape index (κ2) is 7.97. The second-order valence-electron chi connectivity index (χ2n) is 5.74. The molecule has 3 aromatic heterocycles. The van der Waals surface area contributed by atoms with Crippen LogP contribution in [0.25, 0.3) is 5.65 Å². The Morgan fingerprint density at radius 2 is 2.00 bits per heavy atom. The van der Waals surface area contributed by atoms with Crippen molar-refractivity contribution in [1.82, 2.24) is 14.4 Å². The van der Waals surface area contributed by atoms with E-state index in [1.165, 1.54) is 0 Å². The van der Waals surface area contributed by atoms with Crippen molar-refractivity contribution in [3.8, 4) is 5.75 Å². The first kappa shape index (κ1) is 17.9. The zero-order valence-electron chi connectivity index (χ0n) is 15.2. The van der Waals surface area contributed by atoms with E-state index in [-0.39, 0.29) is 5.91 Å². The molecule has 0 saturated heterocycles. The third kappa shape index (κ3) is 3.39. The predicted octanol–water partition coefficient (Wildman–Crippen LogP) is 2.59. The van der Waals surface area contributed by atoms with E-state index in [1.54, 1.807) is 43.6 Å². The number of rotatable bonds is 7. The van der Waals surface area contributed by atoms with E-state index in [1.807, 2.05) is 29.7 Å². The van der Waals surface area contributed by atoms with Crippen LogP contribution in [-0.4, -0.2) is 47.6 Å². The Balaban J connectivity index is 2.02. The summed E-state index contributed by atoms with van der Waals surface area (Å²) in [6, 6.07) is 7.15. The minimum absolute atomic E-state index is 0.116. The standard InChI is InChI=1S/C19H22N4O3/c1-4-15-18(22(2)19(24)14-7-9-20-10-8-14)23-11-5-6-16(17(23)21-15)26-13-12-25-3/h5-11H,4,12-13H2,1-3H3. The van der Waals surface area contributed by atoms with E-state index in [2.05, 4.69) is 4.98 Å². The van der Waals surface area contributed by atoms with Gasteiger partial charge in [0.15, 0.2) is 11.4 Å². The van der Waals surface area contributed by atoms with Gasteiger partial charge in [-0.25, -0.2) is 4.98 Å². The predicted molar refractivity (Wildman–Crippen MR) is 98.9 cm³/mol. The Hall–Kier alpha value is -2.93. The molecule has 0 N–H and O–H groups in total. The molecule has 0 bridgehead atoms. The Bertz CT molecular complexity index is 892. The summed E-state index contributed by atoms with van der Waals surface area (Å²) in [5.74, 6) is 1.28. The third-order valence-corrected chi connectivity index (χ3v) is 4.09. The summed E-state index contributed by atoms with van der Waals surface area (Å²) < 4.78 is 12.7. The number of anilines is 1. The molecule has 26 heavy (non-hydrogen) atoms. The molecule has 1 amide bonds. The van der Waals surface area contributed by atoms with Crippen molar-refractivity contribution < 1.29 is 14.3 Å². The molecule has 0 aliphatic heterocycles. The van der Waals surface area contributed by atoms with E-state index < -0.39 is 0 Å². The highest BCUT2D eigenvalue weighted by molar-refractivity contribution is 6.05. The van der Waals surface area contributed by atoms with E-state index >= 15 is 0 Å². The van der Waals surface area contributed by atoms with Gasteiger partial charge in [-0.05, 0) is 30.7 Å². The van der Waals surface area contributed by atoms with Crippen LogP contribution in [0.2, 0.25) is 0 Å². The molecule has 0 spiro atoms. The van der Waals surface area contributed by atoms with Gasteiger partial charge in [0.2, 0.25) is 0 Å². The Morgan fingerprint density at radius 1 is 1.23 bits per heavy atom. The fourth-order valence-corrected chi connectivity index (χ4v) is 2.80. The van der Waals surface area contributed by atoms with Crippen molar-refractivity contribution in [3.63, 3.8) is 0 Å². The number of aryl methyl sites for hydroxylation is 1. The summed E-state index contributed by atoms with van der Waals surface area (Å²) in [6.07, 6.45) is 5.80. The van der Waals surface area contributed by atoms with Crippen molar-refractivity contribution in [1.29, 1.82) is 0 Å². The van der Waals surface area contributed by atoms with Crippen LogP contribution >= 0.6 is 0 Å². The molecule has 3 rings (SSSR count). The molecule has 0 unspecified atom stereocenters. The number of nitrogens with zero attached hydrogens (tertiary/aromatic N) is 4. The molecular formula is C19H22N4O3. The van der Waals surface area contributed by atoms with Gasteiger partial charge in [0.1, 0.15) is 12.4 Å². The van der Waals surface area contributed by atoms with E-state index in [0.29, 0.717) is 36.6 Å². The summed E-state index contributed by atoms with van der Waals surface area (Å²) in [7, 11) is 3.39. The monoisotopic (exact) mass is 354 g/mol. The van der Waals surface area contributed by atoms with Gasteiger partial charge in [-0.15, -0.1) is 0 Å². The third-order valence-electron chi connectivity index (χ3n) is 4.09. The lowest BCUT2D eigenvalue weighted by atomic mass is 10.2.